The third kappa shape index (κ3) is 4.26. The van der Waals surface area contributed by atoms with E-state index in [0.29, 0.717) is 11.7 Å². The van der Waals surface area contributed by atoms with Crippen LogP contribution in [0.2, 0.25) is 0 Å². The molecule has 0 spiro atoms. The molecule has 82 valence electrons. The molecular formula is C13H24O. The van der Waals surface area contributed by atoms with Crippen molar-refractivity contribution in [1.82, 2.24) is 0 Å². The Balaban J connectivity index is 2.03. The smallest absolute Gasteiger partial charge is 0.135 e. The van der Waals surface area contributed by atoms with Crippen LogP contribution in [0.25, 0.3) is 0 Å². The summed E-state index contributed by atoms with van der Waals surface area (Å²) >= 11 is 0. The summed E-state index contributed by atoms with van der Waals surface area (Å²) in [5, 5.41) is 0. The van der Waals surface area contributed by atoms with Crippen LogP contribution in [-0.4, -0.2) is 5.78 Å². The quantitative estimate of drug-likeness (QED) is 0.588. The molecule has 1 saturated carbocycles. The Kier molecular flexibility index (Phi) is 5.21. The standard InChI is InChI=1S/C13H24O/c1-11(2)7-3-6-10-13(14)12-8-4-5-9-12/h11-12H,3-10H2,1-2H3. The lowest BCUT2D eigenvalue weighted by molar-refractivity contribution is -0.122. The third-order valence-electron chi connectivity index (χ3n) is 3.27. The Bertz CT molecular complexity index is 166. The van der Waals surface area contributed by atoms with Crippen LogP contribution in [0.1, 0.15) is 65.2 Å². The molecule has 0 unspecified atom stereocenters. The molecule has 1 aliphatic rings. The Morgan fingerprint density at radius 2 is 1.86 bits per heavy atom. The number of carbonyl (C=O) groups excluding carboxylic acids is 1. The van der Waals surface area contributed by atoms with Gasteiger partial charge in [-0.1, -0.05) is 39.5 Å². The molecule has 0 aromatic carbocycles. The highest BCUT2D eigenvalue weighted by atomic mass is 16.1. The maximum absolute atomic E-state index is 11.7. The highest BCUT2D eigenvalue weighted by Gasteiger charge is 2.21. The average Bonchev–Trinajstić information content (AvgIpc) is 2.64. The average molecular weight is 196 g/mol. The first kappa shape index (κ1) is 11.7. The molecule has 14 heavy (non-hydrogen) atoms. The minimum atomic E-state index is 0.439. The Morgan fingerprint density at radius 1 is 1.21 bits per heavy atom. The number of rotatable bonds is 6. The SMILES string of the molecule is CC(C)CCCCC(=O)C1CCCC1. The molecule has 1 fully saturated rings. The highest BCUT2D eigenvalue weighted by molar-refractivity contribution is 5.81. The van der Waals surface area contributed by atoms with Crippen LogP contribution in [0, 0.1) is 11.8 Å². The fourth-order valence-electron chi connectivity index (χ4n) is 2.30. The van der Waals surface area contributed by atoms with Crippen molar-refractivity contribution in [2.75, 3.05) is 0 Å². The molecule has 0 bridgehead atoms. The fourth-order valence-corrected chi connectivity index (χ4v) is 2.30. The van der Waals surface area contributed by atoms with Gasteiger partial charge in [0.05, 0.1) is 0 Å². The van der Waals surface area contributed by atoms with E-state index in [0.717, 1.165) is 18.8 Å². The largest absolute Gasteiger partial charge is 0.299 e. The van der Waals surface area contributed by atoms with E-state index >= 15 is 0 Å². The number of carbonyl (C=O) groups is 1. The molecule has 1 aliphatic carbocycles. The van der Waals surface area contributed by atoms with Gasteiger partial charge in [0.1, 0.15) is 5.78 Å². The van der Waals surface area contributed by atoms with Crippen LogP contribution in [0.4, 0.5) is 0 Å². The highest BCUT2D eigenvalue weighted by Crippen LogP contribution is 2.27. The monoisotopic (exact) mass is 196 g/mol. The number of hydrogen-bond acceptors (Lipinski definition) is 1. The molecule has 1 heteroatoms. The Morgan fingerprint density at radius 3 is 2.43 bits per heavy atom. The third-order valence-corrected chi connectivity index (χ3v) is 3.27. The summed E-state index contributed by atoms with van der Waals surface area (Å²) in [6.07, 6.45) is 9.37. The van der Waals surface area contributed by atoms with Gasteiger partial charge >= 0.3 is 0 Å². The van der Waals surface area contributed by atoms with Crippen molar-refractivity contribution in [2.45, 2.75) is 65.2 Å². The number of Topliss-reactive ketones (excluding diaryl/α,β-unsaturated/α-hetero) is 1. The molecule has 0 N–H and O–H groups in total. The van der Waals surface area contributed by atoms with E-state index in [1.807, 2.05) is 0 Å². The molecular weight excluding hydrogens is 172 g/mol. The lowest BCUT2D eigenvalue weighted by Crippen LogP contribution is -2.10. The number of unbranched alkanes of at least 4 members (excludes halogenated alkanes) is 1. The lowest BCUT2D eigenvalue weighted by Gasteiger charge is -2.08. The maximum atomic E-state index is 11.7. The zero-order valence-corrected chi connectivity index (χ0v) is 9.72. The summed E-state index contributed by atoms with van der Waals surface area (Å²) in [7, 11) is 0. The molecule has 1 rings (SSSR count). The van der Waals surface area contributed by atoms with Crippen molar-refractivity contribution < 1.29 is 4.79 Å². The Labute approximate surface area is 88.3 Å². The van der Waals surface area contributed by atoms with E-state index in [1.54, 1.807) is 0 Å². The summed E-state index contributed by atoms with van der Waals surface area (Å²) in [4.78, 5) is 11.7. The summed E-state index contributed by atoms with van der Waals surface area (Å²) < 4.78 is 0. The molecule has 1 nitrogen and oxygen atoms in total. The zero-order valence-electron chi connectivity index (χ0n) is 9.72. The lowest BCUT2D eigenvalue weighted by atomic mass is 9.96. The summed E-state index contributed by atoms with van der Waals surface area (Å²) in [6, 6.07) is 0. The van der Waals surface area contributed by atoms with Crippen molar-refractivity contribution >= 4 is 5.78 Å². The van der Waals surface area contributed by atoms with Gasteiger partial charge in [0.15, 0.2) is 0 Å². The van der Waals surface area contributed by atoms with Gasteiger partial charge in [-0.15, -0.1) is 0 Å². The molecule has 0 aliphatic heterocycles. The van der Waals surface area contributed by atoms with E-state index < -0.39 is 0 Å². The maximum Gasteiger partial charge on any atom is 0.135 e. The van der Waals surface area contributed by atoms with Crippen LogP contribution in [0.3, 0.4) is 0 Å². The minimum absolute atomic E-state index is 0.439. The first-order chi connectivity index (χ1) is 6.70. The van der Waals surface area contributed by atoms with E-state index in [-0.39, 0.29) is 0 Å². The van der Waals surface area contributed by atoms with Crippen molar-refractivity contribution in [3.8, 4) is 0 Å². The minimum Gasteiger partial charge on any atom is -0.299 e. The van der Waals surface area contributed by atoms with E-state index in [1.165, 1.54) is 38.5 Å². The van der Waals surface area contributed by atoms with Gasteiger partial charge in [-0.2, -0.15) is 0 Å². The summed E-state index contributed by atoms with van der Waals surface area (Å²) in [5.41, 5.74) is 0. The molecule has 0 radical (unpaired) electrons. The second-order valence-electron chi connectivity index (χ2n) is 5.09. The van der Waals surface area contributed by atoms with Crippen LogP contribution in [0.5, 0.6) is 0 Å². The second-order valence-corrected chi connectivity index (χ2v) is 5.09. The zero-order chi connectivity index (χ0) is 10.4. The summed E-state index contributed by atoms with van der Waals surface area (Å²) in [6.45, 7) is 4.50. The number of ketones is 1. The van der Waals surface area contributed by atoms with Crippen molar-refractivity contribution in [3.05, 3.63) is 0 Å². The van der Waals surface area contributed by atoms with Gasteiger partial charge in [0, 0.05) is 12.3 Å². The first-order valence-corrected chi connectivity index (χ1v) is 6.23. The van der Waals surface area contributed by atoms with Gasteiger partial charge in [0.25, 0.3) is 0 Å². The predicted molar refractivity (Wildman–Crippen MR) is 60.3 cm³/mol. The second kappa shape index (κ2) is 6.21. The van der Waals surface area contributed by atoms with Gasteiger partial charge in [-0.3, -0.25) is 4.79 Å². The van der Waals surface area contributed by atoms with Gasteiger partial charge in [-0.05, 0) is 25.2 Å². The normalized spacial score (nSPS) is 17.9. The fraction of sp³-hybridized carbons (Fsp3) is 0.923. The van der Waals surface area contributed by atoms with Gasteiger partial charge < -0.3 is 0 Å². The molecule has 0 amide bonds. The molecule has 0 atom stereocenters. The van der Waals surface area contributed by atoms with Crippen LogP contribution in [0.15, 0.2) is 0 Å². The van der Waals surface area contributed by atoms with Gasteiger partial charge in [-0.25, -0.2) is 0 Å². The first-order valence-electron chi connectivity index (χ1n) is 6.23. The molecule has 0 aromatic heterocycles. The van der Waals surface area contributed by atoms with Crippen LogP contribution in [-0.2, 0) is 4.79 Å². The topological polar surface area (TPSA) is 17.1 Å². The van der Waals surface area contributed by atoms with E-state index in [4.69, 9.17) is 0 Å². The molecule has 0 aromatic rings. The van der Waals surface area contributed by atoms with Crippen LogP contribution < -0.4 is 0 Å². The van der Waals surface area contributed by atoms with Crippen molar-refractivity contribution in [2.24, 2.45) is 11.8 Å². The van der Waals surface area contributed by atoms with Gasteiger partial charge in [0.2, 0.25) is 0 Å². The molecule has 0 saturated heterocycles. The summed E-state index contributed by atoms with van der Waals surface area (Å²) in [5.74, 6) is 1.77. The van der Waals surface area contributed by atoms with Crippen molar-refractivity contribution in [1.29, 1.82) is 0 Å². The van der Waals surface area contributed by atoms with E-state index in [9.17, 15) is 4.79 Å². The predicted octanol–water partition coefficient (Wildman–Crippen LogP) is 3.96. The Hall–Kier alpha value is -0.330. The van der Waals surface area contributed by atoms with Crippen molar-refractivity contribution in [3.63, 3.8) is 0 Å². The number of hydrogen-bond donors (Lipinski definition) is 0. The van der Waals surface area contributed by atoms with E-state index in [2.05, 4.69) is 13.8 Å². The van der Waals surface area contributed by atoms with Crippen LogP contribution >= 0.6 is 0 Å². The molecule has 0 heterocycles.